The van der Waals surface area contributed by atoms with Crippen LogP contribution in [0.2, 0.25) is 0 Å². The van der Waals surface area contributed by atoms with Crippen LogP contribution in [-0.2, 0) is 4.79 Å². The fourth-order valence-corrected chi connectivity index (χ4v) is 2.10. The summed E-state index contributed by atoms with van der Waals surface area (Å²) >= 11 is 0. The first-order chi connectivity index (χ1) is 10.6. The molecule has 1 N–H and O–H groups in total. The highest BCUT2D eigenvalue weighted by Crippen LogP contribution is 2.22. The molecule has 0 unspecified atom stereocenters. The van der Waals surface area contributed by atoms with E-state index in [1.807, 2.05) is 43.3 Å². The average molecular weight is 297 g/mol. The maximum Gasteiger partial charge on any atom is 0.293 e. The van der Waals surface area contributed by atoms with Gasteiger partial charge in [-0.15, -0.1) is 5.10 Å². The molecule has 3 rings (SSSR count). The number of carbonyl (C=O) groups excluding carboxylic acids is 1. The summed E-state index contributed by atoms with van der Waals surface area (Å²) in [7, 11) is 3.96. The van der Waals surface area contributed by atoms with Crippen molar-refractivity contribution in [3.63, 3.8) is 0 Å². The Hall–Kier alpha value is -3.03. The van der Waals surface area contributed by atoms with Crippen LogP contribution in [0, 0.1) is 0 Å². The van der Waals surface area contributed by atoms with Gasteiger partial charge in [-0.25, -0.2) is 0 Å². The Morgan fingerprint density at radius 3 is 2.55 bits per heavy atom. The molecule has 0 radical (unpaired) electrons. The molecule has 1 aliphatic rings. The highest BCUT2D eigenvalue weighted by Gasteiger charge is 2.31. The van der Waals surface area contributed by atoms with Crippen LogP contribution >= 0.6 is 0 Å². The second kappa shape index (κ2) is 5.40. The summed E-state index contributed by atoms with van der Waals surface area (Å²) in [5.74, 6) is -0.133. The monoisotopic (exact) mass is 297 g/mol. The fourth-order valence-electron chi connectivity index (χ4n) is 2.10. The summed E-state index contributed by atoms with van der Waals surface area (Å²) in [6.45, 7) is 1.78. The van der Waals surface area contributed by atoms with Gasteiger partial charge in [0.15, 0.2) is 0 Å². The van der Waals surface area contributed by atoms with Crippen molar-refractivity contribution in [2.75, 3.05) is 24.0 Å². The van der Waals surface area contributed by atoms with Crippen LogP contribution in [0.5, 0.6) is 0 Å². The number of H-pyrrole nitrogens is 1. The van der Waals surface area contributed by atoms with Crippen molar-refractivity contribution in [2.24, 2.45) is 5.10 Å². The molecular weight excluding hydrogens is 282 g/mol. The Morgan fingerprint density at radius 1 is 1.23 bits per heavy atom. The van der Waals surface area contributed by atoms with E-state index in [0.717, 1.165) is 16.3 Å². The zero-order chi connectivity index (χ0) is 15.7. The number of amides is 1. The molecular formula is C14H15N7O. The minimum atomic E-state index is -0.268. The molecule has 8 nitrogen and oxygen atoms in total. The Balaban J connectivity index is 1.88. The van der Waals surface area contributed by atoms with Gasteiger partial charge in [0.1, 0.15) is 0 Å². The Morgan fingerprint density at radius 2 is 1.95 bits per heavy atom. The van der Waals surface area contributed by atoms with Gasteiger partial charge in [0.25, 0.3) is 11.9 Å². The first-order valence-corrected chi connectivity index (χ1v) is 6.69. The number of hydrogen-bond donors (Lipinski definition) is 1. The molecule has 0 saturated heterocycles. The zero-order valence-electron chi connectivity index (χ0n) is 12.5. The molecule has 0 bridgehead atoms. The highest BCUT2D eigenvalue weighted by atomic mass is 16.2. The molecule has 0 spiro atoms. The molecule has 2 heterocycles. The van der Waals surface area contributed by atoms with Gasteiger partial charge in [-0.1, -0.05) is 17.2 Å². The maximum atomic E-state index is 12.4. The number of rotatable bonds is 3. The molecule has 1 aromatic heterocycles. The molecule has 0 saturated carbocycles. The molecule has 8 heteroatoms. The van der Waals surface area contributed by atoms with Gasteiger partial charge in [-0.3, -0.25) is 4.79 Å². The van der Waals surface area contributed by atoms with Crippen LogP contribution in [0.4, 0.5) is 11.6 Å². The Bertz CT molecular complexity index is 744. The molecule has 0 fully saturated rings. The van der Waals surface area contributed by atoms with E-state index >= 15 is 0 Å². The number of hydrazone groups is 1. The van der Waals surface area contributed by atoms with Gasteiger partial charge in [-0.2, -0.15) is 15.3 Å². The van der Waals surface area contributed by atoms with Crippen molar-refractivity contribution in [1.29, 1.82) is 0 Å². The lowest BCUT2D eigenvalue weighted by atomic mass is 10.1. The third-order valence-electron chi connectivity index (χ3n) is 3.31. The molecule has 112 valence electrons. The van der Waals surface area contributed by atoms with Crippen molar-refractivity contribution in [3.05, 3.63) is 35.4 Å². The van der Waals surface area contributed by atoms with E-state index in [1.54, 1.807) is 13.0 Å². The number of aromatic nitrogens is 4. The van der Waals surface area contributed by atoms with Crippen molar-refractivity contribution in [3.8, 4) is 0 Å². The Labute approximate surface area is 127 Å². The number of anilines is 2. The van der Waals surface area contributed by atoms with Crippen LogP contribution in [0.3, 0.4) is 0 Å². The van der Waals surface area contributed by atoms with E-state index in [2.05, 4.69) is 25.7 Å². The largest absolute Gasteiger partial charge is 0.378 e. The maximum absolute atomic E-state index is 12.4. The van der Waals surface area contributed by atoms with Gasteiger partial charge in [-0.05, 0) is 35.9 Å². The van der Waals surface area contributed by atoms with E-state index in [4.69, 9.17) is 0 Å². The van der Waals surface area contributed by atoms with Crippen LogP contribution in [0.1, 0.15) is 12.5 Å². The van der Waals surface area contributed by atoms with Crippen molar-refractivity contribution in [1.82, 2.24) is 20.6 Å². The minimum absolute atomic E-state index is 0.135. The lowest BCUT2D eigenvalue weighted by Gasteiger charge is -2.12. The average Bonchev–Trinajstić information content (AvgIpc) is 3.11. The predicted molar refractivity (Wildman–Crippen MR) is 83.5 cm³/mol. The molecule has 1 amide bonds. The second-order valence-electron chi connectivity index (χ2n) is 5.06. The summed E-state index contributed by atoms with van der Waals surface area (Å²) in [6.07, 6.45) is 1.81. The van der Waals surface area contributed by atoms with Gasteiger partial charge < -0.3 is 4.90 Å². The van der Waals surface area contributed by atoms with Gasteiger partial charge in [0, 0.05) is 19.8 Å². The van der Waals surface area contributed by atoms with E-state index < -0.39 is 0 Å². The van der Waals surface area contributed by atoms with E-state index in [-0.39, 0.29) is 11.9 Å². The standard InChI is InChI=1S/C14H15N7O/c1-9-12(8-10-4-6-11(7-5-10)20(2)3)13(22)21(17-9)14-15-18-19-16-14/h4-8H,1-3H3,(H,15,16,18,19)/b12-8+. The van der Waals surface area contributed by atoms with Crippen molar-refractivity contribution in [2.45, 2.75) is 6.92 Å². The number of nitrogens with one attached hydrogen (secondary N) is 1. The summed E-state index contributed by atoms with van der Waals surface area (Å²) in [6, 6.07) is 7.91. The van der Waals surface area contributed by atoms with E-state index in [1.165, 1.54) is 0 Å². The molecule has 22 heavy (non-hydrogen) atoms. The van der Waals surface area contributed by atoms with E-state index in [0.29, 0.717) is 11.3 Å². The van der Waals surface area contributed by atoms with E-state index in [9.17, 15) is 4.79 Å². The minimum Gasteiger partial charge on any atom is -0.378 e. The number of benzene rings is 1. The first kappa shape index (κ1) is 13.9. The number of hydrogen-bond acceptors (Lipinski definition) is 6. The van der Waals surface area contributed by atoms with Gasteiger partial charge in [0.2, 0.25) is 0 Å². The quantitative estimate of drug-likeness (QED) is 0.856. The predicted octanol–water partition coefficient (Wildman–Crippen LogP) is 1.07. The van der Waals surface area contributed by atoms with Gasteiger partial charge in [0.05, 0.1) is 11.3 Å². The second-order valence-corrected chi connectivity index (χ2v) is 5.06. The number of tetrazole rings is 1. The highest BCUT2D eigenvalue weighted by molar-refractivity contribution is 6.31. The topological polar surface area (TPSA) is 90.4 Å². The van der Waals surface area contributed by atoms with Gasteiger partial charge >= 0.3 is 0 Å². The van der Waals surface area contributed by atoms with Crippen LogP contribution < -0.4 is 9.91 Å². The van der Waals surface area contributed by atoms with Crippen LogP contribution in [-0.4, -0.2) is 46.3 Å². The Kier molecular flexibility index (Phi) is 3.42. The summed E-state index contributed by atoms with van der Waals surface area (Å²) in [5.41, 5.74) is 3.16. The summed E-state index contributed by atoms with van der Waals surface area (Å²) < 4.78 is 0. The lowest BCUT2D eigenvalue weighted by Crippen LogP contribution is -2.22. The smallest absolute Gasteiger partial charge is 0.293 e. The molecule has 0 aliphatic carbocycles. The SMILES string of the molecule is CC1=NN(c2nn[nH]n2)C(=O)/C1=C/c1ccc(N(C)C)cc1. The number of carbonyl (C=O) groups is 1. The van der Waals surface area contributed by atoms with Crippen LogP contribution in [0.25, 0.3) is 6.08 Å². The summed E-state index contributed by atoms with van der Waals surface area (Å²) in [5, 5.41) is 18.6. The van der Waals surface area contributed by atoms with Crippen molar-refractivity contribution < 1.29 is 4.79 Å². The third kappa shape index (κ3) is 2.46. The molecule has 1 aromatic carbocycles. The zero-order valence-corrected chi connectivity index (χ0v) is 12.5. The first-order valence-electron chi connectivity index (χ1n) is 6.69. The fraction of sp³-hybridized carbons (Fsp3) is 0.214. The van der Waals surface area contributed by atoms with Crippen LogP contribution in [0.15, 0.2) is 34.9 Å². The molecule has 1 aliphatic heterocycles. The number of aromatic amines is 1. The molecule has 0 atom stereocenters. The normalized spacial score (nSPS) is 16.3. The third-order valence-corrected chi connectivity index (χ3v) is 3.31. The number of nitrogens with zero attached hydrogens (tertiary/aromatic N) is 6. The summed E-state index contributed by atoms with van der Waals surface area (Å²) in [4.78, 5) is 14.4. The lowest BCUT2D eigenvalue weighted by molar-refractivity contribution is -0.114. The molecule has 2 aromatic rings. The van der Waals surface area contributed by atoms with Crippen molar-refractivity contribution >= 4 is 29.3 Å².